The molecule has 0 saturated heterocycles. The second kappa shape index (κ2) is 6.57. The number of nitrogens with one attached hydrogen (secondary N) is 2. The summed E-state index contributed by atoms with van der Waals surface area (Å²) >= 11 is 0. The third-order valence-electron chi connectivity index (χ3n) is 2.83. The van der Waals surface area contributed by atoms with E-state index < -0.39 is 5.91 Å². The number of nitrogens with two attached hydrogens (primary N) is 1. The second-order valence-corrected chi connectivity index (χ2v) is 4.59. The highest BCUT2D eigenvalue weighted by Crippen LogP contribution is 2.16. The predicted molar refractivity (Wildman–Crippen MR) is 79.9 cm³/mol. The van der Waals surface area contributed by atoms with Crippen molar-refractivity contribution in [3.63, 3.8) is 0 Å². The van der Waals surface area contributed by atoms with Crippen molar-refractivity contribution in [1.29, 1.82) is 0 Å². The third kappa shape index (κ3) is 3.95. The van der Waals surface area contributed by atoms with Crippen molar-refractivity contribution in [1.82, 2.24) is 4.98 Å². The molecule has 0 spiro atoms. The molecule has 7 heteroatoms. The molecule has 0 radical (unpaired) electrons. The van der Waals surface area contributed by atoms with Crippen LogP contribution in [0, 0.1) is 0 Å². The molecule has 0 saturated carbocycles. The van der Waals surface area contributed by atoms with Crippen LogP contribution in [0.4, 0.5) is 5.69 Å². The SMILES string of the molecule is CC(=O)c1c[nH]c(C(=O)Nc2ccc(OCC(N)=O)cc2)c1. The Labute approximate surface area is 126 Å². The lowest BCUT2D eigenvalue weighted by molar-refractivity contribution is -0.119. The molecule has 1 aromatic carbocycles. The van der Waals surface area contributed by atoms with Crippen LogP contribution in [0.5, 0.6) is 5.75 Å². The van der Waals surface area contributed by atoms with Gasteiger partial charge in [0.1, 0.15) is 11.4 Å². The van der Waals surface area contributed by atoms with Gasteiger partial charge >= 0.3 is 0 Å². The molecule has 0 aliphatic heterocycles. The van der Waals surface area contributed by atoms with Gasteiger partial charge in [-0.1, -0.05) is 0 Å². The lowest BCUT2D eigenvalue weighted by Crippen LogP contribution is -2.20. The van der Waals surface area contributed by atoms with Crippen LogP contribution in [-0.2, 0) is 4.79 Å². The van der Waals surface area contributed by atoms with Gasteiger partial charge in [0.05, 0.1) is 0 Å². The van der Waals surface area contributed by atoms with Gasteiger partial charge in [-0.25, -0.2) is 0 Å². The maximum atomic E-state index is 12.0. The zero-order valence-corrected chi connectivity index (χ0v) is 11.9. The van der Waals surface area contributed by atoms with Gasteiger partial charge in [-0.2, -0.15) is 0 Å². The second-order valence-electron chi connectivity index (χ2n) is 4.59. The molecule has 2 aromatic rings. The molecule has 1 aromatic heterocycles. The van der Waals surface area contributed by atoms with E-state index in [1.54, 1.807) is 24.3 Å². The first-order valence-corrected chi connectivity index (χ1v) is 6.47. The molecule has 0 unspecified atom stereocenters. The number of hydrogen-bond donors (Lipinski definition) is 3. The Hall–Kier alpha value is -3.09. The summed E-state index contributed by atoms with van der Waals surface area (Å²) in [5.74, 6) is -0.578. The molecular formula is C15H15N3O4. The maximum absolute atomic E-state index is 12.0. The van der Waals surface area contributed by atoms with Crippen LogP contribution in [-0.4, -0.2) is 29.2 Å². The number of primary amides is 1. The minimum Gasteiger partial charge on any atom is -0.484 e. The standard InChI is InChI=1S/C15H15N3O4/c1-9(19)10-6-13(17-7-10)15(21)18-11-2-4-12(5-3-11)22-8-14(16)20/h2-7,17H,8H2,1H3,(H2,16,20)(H,18,21). The van der Waals surface area contributed by atoms with E-state index in [0.717, 1.165) is 0 Å². The van der Waals surface area contributed by atoms with Crippen LogP contribution in [0.1, 0.15) is 27.8 Å². The number of carbonyl (C=O) groups excluding carboxylic acids is 3. The summed E-state index contributed by atoms with van der Waals surface area (Å²) in [5.41, 5.74) is 6.26. The molecule has 0 fully saturated rings. The van der Waals surface area contributed by atoms with Gasteiger partial charge < -0.3 is 20.8 Å². The largest absolute Gasteiger partial charge is 0.484 e. The van der Waals surface area contributed by atoms with Crippen LogP contribution in [0.25, 0.3) is 0 Å². The Morgan fingerprint density at radius 3 is 2.45 bits per heavy atom. The van der Waals surface area contributed by atoms with Gasteiger partial charge in [-0.05, 0) is 37.3 Å². The monoisotopic (exact) mass is 301 g/mol. The number of H-pyrrole nitrogens is 1. The number of amides is 2. The van der Waals surface area contributed by atoms with Gasteiger partial charge in [0.25, 0.3) is 11.8 Å². The summed E-state index contributed by atoms with van der Waals surface area (Å²) in [6, 6.07) is 7.95. The molecule has 114 valence electrons. The molecule has 1 heterocycles. The van der Waals surface area contributed by atoms with E-state index in [-0.39, 0.29) is 18.3 Å². The smallest absolute Gasteiger partial charge is 0.272 e. The molecule has 0 bridgehead atoms. The lowest BCUT2D eigenvalue weighted by atomic mass is 10.2. The van der Waals surface area contributed by atoms with Crippen LogP contribution in [0.3, 0.4) is 0 Å². The maximum Gasteiger partial charge on any atom is 0.272 e. The fourth-order valence-corrected chi connectivity index (χ4v) is 1.72. The van der Waals surface area contributed by atoms with E-state index >= 15 is 0 Å². The van der Waals surface area contributed by atoms with Crippen molar-refractivity contribution >= 4 is 23.3 Å². The summed E-state index contributed by atoms with van der Waals surface area (Å²) in [6.07, 6.45) is 1.48. The van der Waals surface area contributed by atoms with Crippen LogP contribution in [0.15, 0.2) is 36.5 Å². The number of ketones is 1. The molecule has 0 aliphatic carbocycles. The summed E-state index contributed by atoms with van der Waals surface area (Å²) in [5, 5.41) is 2.67. The Kier molecular flexibility index (Phi) is 4.57. The van der Waals surface area contributed by atoms with Crippen molar-refractivity contribution in [3.05, 3.63) is 47.8 Å². The van der Waals surface area contributed by atoms with Gasteiger partial charge in [-0.15, -0.1) is 0 Å². The minimum absolute atomic E-state index is 0.119. The average Bonchev–Trinajstić information content (AvgIpc) is 2.96. The zero-order chi connectivity index (χ0) is 16.1. The van der Waals surface area contributed by atoms with Crippen molar-refractivity contribution in [2.24, 2.45) is 5.73 Å². The van der Waals surface area contributed by atoms with Crippen molar-refractivity contribution in [2.75, 3.05) is 11.9 Å². The number of benzene rings is 1. The van der Waals surface area contributed by atoms with Crippen LogP contribution < -0.4 is 15.8 Å². The summed E-state index contributed by atoms with van der Waals surface area (Å²) in [4.78, 5) is 36.5. The highest BCUT2D eigenvalue weighted by atomic mass is 16.5. The van der Waals surface area contributed by atoms with E-state index in [2.05, 4.69) is 10.3 Å². The fourth-order valence-electron chi connectivity index (χ4n) is 1.72. The summed E-state index contributed by atoms with van der Waals surface area (Å²) in [6.45, 7) is 1.22. The first-order chi connectivity index (χ1) is 10.5. The fraction of sp³-hybridized carbons (Fsp3) is 0.133. The Morgan fingerprint density at radius 2 is 1.91 bits per heavy atom. The van der Waals surface area contributed by atoms with Crippen LogP contribution in [0.2, 0.25) is 0 Å². The number of anilines is 1. The summed E-state index contributed by atoms with van der Waals surface area (Å²) < 4.78 is 5.11. The average molecular weight is 301 g/mol. The van der Waals surface area contributed by atoms with E-state index in [1.165, 1.54) is 19.2 Å². The molecule has 2 amide bonds. The van der Waals surface area contributed by atoms with Gasteiger partial charge in [-0.3, -0.25) is 14.4 Å². The highest BCUT2D eigenvalue weighted by molar-refractivity contribution is 6.05. The Bertz CT molecular complexity index is 704. The Morgan fingerprint density at radius 1 is 1.23 bits per heavy atom. The van der Waals surface area contributed by atoms with Gasteiger partial charge in [0.15, 0.2) is 12.4 Å². The molecule has 22 heavy (non-hydrogen) atoms. The number of hydrogen-bond acceptors (Lipinski definition) is 4. The Balaban J connectivity index is 1.99. The van der Waals surface area contributed by atoms with E-state index in [0.29, 0.717) is 22.7 Å². The number of aromatic nitrogens is 1. The van der Waals surface area contributed by atoms with Crippen molar-refractivity contribution < 1.29 is 19.1 Å². The van der Waals surface area contributed by atoms with Crippen molar-refractivity contribution in [3.8, 4) is 5.75 Å². The normalized spacial score (nSPS) is 10.0. The van der Waals surface area contributed by atoms with Gasteiger partial charge in [0, 0.05) is 17.4 Å². The minimum atomic E-state index is -0.564. The molecule has 2 rings (SSSR count). The molecule has 0 aliphatic rings. The molecule has 0 atom stereocenters. The number of aromatic amines is 1. The van der Waals surface area contributed by atoms with Crippen LogP contribution >= 0.6 is 0 Å². The predicted octanol–water partition coefficient (Wildman–Crippen LogP) is 1.33. The number of ether oxygens (including phenoxy) is 1. The molecule has 7 nitrogen and oxygen atoms in total. The van der Waals surface area contributed by atoms with E-state index in [4.69, 9.17) is 10.5 Å². The first-order valence-electron chi connectivity index (χ1n) is 6.47. The van der Waals surface area contributed by atoms with Crippen molar-refractivity contribution in [2.45, 2.75) is 6.92 Å². The lowest BCUT2D eigenvalue weighted by Gasteiger charge is -2.06. The third-order valence-corrected chi connectivity index (χ3v) is 2.83. The number of carbonyl (C=O) groups is 3. The molecule has 4 N–H and O–H groups in total. The van der Waals surface area contributed by atoms with Gasteiger partial charge in [0.2, 0.25) is 0 Å². The first kappa shape index (κ1) is 15.3. The van der Waals surface area contributed by atoms with E-state index in [1.807, 2.05) is 0 Å². The highest BCUT2D eigenvalue weighted by Gasteiger charge is 2.11. The summed E-state index contributed by atoms with van der Waals surface area (Å²) in [7, 11) is 0. The number of Topliss-reactive ketones (excluding diaryl/α,β-unsaturated/α-hetero) is 1. The van der Waals surface area contributed by atoms with E-state index in [9.17, 15) is 14.4 Å². The topological polar surface area (TPSA) is 114 Å². The number of rotatable bonds is 6. The quantitative estimate of drug-likeness (QED) is 0.698. The molecular weight excluding hydrogens is 286 g/mol. The zero-order valence-electron chi connectivity index (χ0n) is 11.9.